The molecule has 8 aliphatic rings. The third-order valence-electron chi connectivity index (χ3n) is 9.84. The Hall–Kier alpha value is -1.87. The van der Waals surface area contributed by atoms with Gasteiger partial charge in [0.1, 0.15) is 12.2 Å². The molecule has 0 radical (unpaired) electrons. The van der Waals surface area contributed by atoms with Crippen LogP contribution in [-0.2, 0) is 38.7 Å². The quantitative estimate of drug-likeness (QED) is 0.283. The van der Waals surface area contributed by atoms with Crippen LogP contribution in [0.4, 0.5) is 22.0 Å². The molecule has 2 aliphatic heterocycles. The summed E-state index contributed by atoms with van der Waals surface area (Å²) >= 11 is 0. The maximum atomic E-state index is 14.1. The summed E-state index contributed by atoms with van der Waals surface area (Å²) in [7, 11) is -6.63. The number of Topliss-reactive ketones (excluding diaryl/α,β-unsaturated/α-hetero) is 1. The number of hydrogen-bond donors (Lipinski definition) is 1. The van der Waals surface area contributed by atoms with Crippen LogP contribution in [0, 0.1) is 40.9 Å². The first-order chi connectivity index (χ1) is 18.0. The Labute approximate surface area is 219 Å². The standard InChI is InChI=1S/C24H27F5O9S/c25-23(26,27)20(24(28,29)39(33,34)35)38-19(31)16-12-4-15-18(13(16)5-14(36-15)17(12)30)37-21(32)22-6-9-1-10(7-22)3-11(2-9)8-22/h9-16,18,20H,1-8H2,(H,33,34,35). The Morgan fingerprint density at radius 2 is 1.54 bits per heavy atom. The van der Waals surface area contributed by atoms with Crippen molar-refractivity contribution in [1.82, 2.24) is 0 Å². The lowest BCUT2D eigenvalue weighted by Crippen LogP contribution is -2.67. The third-order valence-corrected chi connectivity index (χ3v) is 10.7. The summed E-state index contributed by atoms with van der Waals surface area (Å²) in [5.41, 5.74) is -0.700. The molecular weight excluding hydrogens is 559 g/mol. The molecule has 7 unspecified atom stereocenters. The number of alkyl halides is 5. The average molecular weight is 587 g/mol. The van der Waals surface area contributed by atoms with Crippen LogP contribution in [0.1, 0.15) is 51.4 Å². The molecule has 0 aromatic carbocycles. The van der Waals surface area contributed by atoms with Gasteiger partial charge in [-0.05, 0) is 69.1 Å². The molecular formula is C24H27F5O9S. The van der Waals surface area contributed by atoms with Gasteiger partial charge in [-0.1, -0.05) is 0 Å². The lowest BCUT2D eigenvalue weighted by atomic mass is 9.49. The zero-order valence-electron chi connectivity index (χ0n) is 20.4. The average Bonchev–Trinajstić information content (AvgIpc) is 2.78. The van der Waals surface area contributed by atoms with Crippen molar-refractivity contribution in [3.05, 3.63) is 0 Å². The van der Waals surface area contributed by atoms with E-state index in [9.17, 15) is 44.8 Å². The highest BCUT2D eigenvalue weighted by molar-refractivity contribution is 7.86. The van der Waals surface area contributed by atoms with Crippen LogP contribution in [0.5, 0.6) is 0 Å². The highest BCUT2D eigenvalue weighted by atomic mass is 32.2. The minimum atomic E-state index is -6.63. The van der Waals surface area contributed by atoms with Gasteiger partial charge in [0.25, 0.3) is 6.10 Å². The first-order valence-corrected chi connectivity index (χ1v) is 14.5. The predicted molar refractivity (Wildman–Crippen MR) is 116 cm³/mol. The number of hydrogen-bond acceptors (Lipinski definition) is 8. The Bertz CT molecular complexity index is 1170. The summed E-state index contributed by atoms with van der Waals surface area (Å²) in [5.74, 6) is -5.73. The van der Waals surface area contributed by atoms with Gasteiger partial charge in [0.15, 0.2) is 5.78 Å². The predicted octanol–water partition coefficient (Wildman–Crippen LogP) is 3.06. The molecule has 0 amide bonds. The second kappa shape index (κ2) is 8.57. The molecule has 39 heavy (non-hydrogen) atoms. The molecule has 9 nitrogen and oxygen atoms in total. The maximum absolute atomic E-state index is 14.1. The van der Waals surface area contributed by atoms with Crippen LogP contribution in [0.2, 0.25) is 0 Å². The van der Waals surface area contributed by atoms with Gasteiger partial charge in [0.05, 0.1) is 17.4 Å². The van der Waals surface area contributed by atoms with Crippen LogP contribution >= 0.6 is 0 Å². The Balaban J connectivity index is 1.25. The summed E-state index contributed by atoms with van der Waals surface area (Å²) < 4.78 is 115. The zero-order valence-corrected chi connectivity index (χ0v) is 21.3. The van der Waals surface area contributed by atoms with Crippen LogP contribution in [0.25, 0.3) is 0 Å². The molecule has 8 rings (SSSR count). The maximum Gasteiger partial charge on any atom is 0.432 e. The minimum absolute atomic E-state index is 0.199. The van der Waals surface area contributed by atoms with E-state index in [4.69, 9.17) is 14.0 Å². The van der Waals surface area contributed by atoms with Gasteiger partial charge in [-0.25, -0.2) is 0 Å². The van der Waals surface area contributed by atoms with Crippen molar-refractivity contribution in [3.63, 3.8) is 0 Å². The lowest BCUT2D eigenvalue weighted by molar-refractivity contribution is -0.270. The number of carbonyl (C=O) groups excluding carboxylic acids is 3. The number of rotatable bonds is 6. The van der Waals surface area contributed by atoms with Crippen molar-refractivity contribution in [3.8, 4) is 0 Å². The fourth-order valence-corrected chi connectivity index (χ4v) is 9.17. The smallest absolute Gasteiger partial charge is 0.432 e. The van der Waals surface area contributed by atoms with E-state index < -0.39 is 86.9 Å². The molecule has 6 aliphatic carbocycles. The highest BCUT2D eigenvalue weighted by Crippen LogP contribution is 2.61. The third kappa shape index (κ3) is 4.20. The van der Waals surface area contributed by atoms with Gasteiger partial charge in [0.2, 0.25) is 0 Å². The Morgan fingerprint density at radius 1 is 0.974 bits per heavy atom. The van der Waals surface area contributed by atoms with E-state index in [1.807, 2.05) is 0 Å². The van der Waals surface area contributed by atoms with Crippen LogP contribution < -0.4 is 0 Å². The Kier molecular flexibility index (Phi) is 6.00. The molecule has 8 bridgehead atoms. The fraction of sp³-hybridized carbons (Fsp3) is 0.875. The number of carbonyl (C=O) groups is 3. The van der Waals surface area contributed by atoms with Gasteiger partial charge in [-0.2, -0.15) is 30.4 Å². The van der Waals surface area contributed by atoms with Gasteiger partial charge < -0.3 is 14.2 Å². The summed E-state index contributed by atoms with van der Waals surface area (Å²) in [6.07, 6.45) is -8.75. The molecule has 6 saturated carbocycles. The van der Waals surface area contributed by atoms with E-state index in [-0.39, 0.29) is 12.8 Å². The monoisotopic (exact) mass is 586 g/mol. The molecule has 0 aromatic rings. The second-order valence-corrected chi connectivity index (χ2v) is 13.8. The number of ether oxygens (including phenoxy) is 3. The molecule has 0 aromatic heterocycles. The molecule has 1 N–H and O–H groups in total. The van der Waals surface area contributed by atoms with Crippen LogP contribution in [0.3, 0.4) is 0 Å². The van der Waals surface area contributed by atoms with Crippen molar-refractivity contribution in [2.45, 2.75) is 87.2 Å². The van der Waals surface area contributed by atoms with Crippen molar-refractivity contribution < 1.29 is 63.5 Å². The van der Waals surface area contributed by atoms with E-state index in [0.29, 0.717) is 37.0 Å². The number of esters is 2. The topological polar surface area (TPSA) is 133 Å². The zero-order chi connectivity index (χ0) is 28.3. The van der Waals surface area contributed by atoms with Gasteiger partial charge in [-0.15, -0.1) is 0 Å². The molecule has 15 heteroatoms. The number of ketones is 1. The van der Waals surface area contributed by atoms with E-state index in [0.717, 1.165) is 19.3 Å². The van der Waals surface area contributed by atoms with E-state index in [2.05, 4.69) is 4.74 Å². The van der Waals surface area contributed by atoms with Crippen molar-refractivity contribution >= 4 is 27.8 Å². The van der Waals surface area contributed by atoms with Crippen molar-refractivity contribution in [1.29, 1.82) is 0 Å². The van der Waals surface area contributed by atoms with Crippen molar-refractivity contribution in [2.75, 3.05) is 0 Å². The van der Waals surface area contributed by atoms with Gasteiger partial charge in [-0.3, -0.25) is 18.9 Å². The lowest BCUT2D eigenvalue weighted by Gasteiger charge is -2.57. The van der Waals surface area contributed by atoms with Crippen molar-refractivity contribution in [2.24, 2.45) is 40.9 Å². The summed E-state index contributed by atoms with van der Waals surface area (Å²) in [4.78, 5) is 39.3. The van der Waals surface area contributed by atoms with Gasteiger partial charge in [0, 0.05) is 11.8 Å². The molecule has 7 atom stereocenters. The minimum Gasteiger partial charge on any atom is -0.459 e. The van der Waals surface area contributed by atoms with Gasteiger partial charge >= 0.3 is 33.5 Å². The van der Waals surface area contributed by atoms with E-state index in [1.54, 1.807) is 0 Å². The molecule has 8 fully saturated rings. The SMILES string of the molecule is O=C1C2CC3C(OC(=O)C45CC6CC(CC(C6)C4)C5)C(CC1C3C(=O)OC(C(F)(F)F)C(F)(F)S(=O)(=O)O)O2. The van der Waals surface area contributed by atoms with Crippen LogP contribution in [0.15, 0.2) is 0 Å². The largest absolute Gasteiger partial charge is 0.459 e. The van der Waals surface area contributed by atoms with Crippen LogP contribution in [-0.4, -0.2) is 66.5 Å². The second-order valence-electron chi connectivity index (χ2n) is 12.3. The fourth-order valence-electron chi connectivity index (χ4n) is 8.72. The first kappa shape index (κ1) is 27.3. The molecule has 0 spiro atoms. The summed E-state index contributed by atoms with van der Waals surface area (Å²) in [6.45, 7) is 0. The van der Waals surface area contributed by atoms with E-state index in [1.165, 1.54) is 0 Å². The van der Waals surface area contributed by atoms with E-state index >= 15 is 0 Å². The normalized spacial score (nSPS) is 43.4. The molecule has 2 saturated heterocycles. The molecule has 2 heterocycles. The number of halogens is 5. The Morgan fingerprint density at radius 3 is 2.05 bits per heavy atom. The molecule has 218 valence electrons. The summed E-state index contributed by atoms with van der Waals surface area (Å²) in [6, 6.07) is 0. The first-order valence-electron chi connectivity index (χ1n) is 13.0. The summed E-state index contributed by atoms with van der Waals surface area (Å²) in [5, 5.41) is -5.90. The highest BCUT2D eigenvalue weighted by Gasteiger charge is 2.68.